The summed E-state index contributed by atoms with van der Waals surface area (Å²) in [6.07, 6.45) is 4.08. The van der Waals surface area contributed by atoms with Gasteiger partial charge in [-0.25, -0.2) is 9.37 Å². The molecule has 3 rings (SSSR count). The first-order chi connectivity index (χ1) is 24.7. The Morgan fingerprint density at radius 3 is 2.38 bits per heavy atom. The number of Topliss-reactive ketones (excluding diaryl/α,β-unsaturated/α-hetero) is 2. The molecule has 2 N–H and O–H groups in total. The molecular weight excluding hydrogens is 688 g/mol. The summed E-state index contributed by atoms with van der Waals surface area (Å²) < 4.78 is 18.9. The second-order valence-corrected chi connectivity index (χ2v) is 15.5. The number of ether oxygens (including phenoxy) is 1. The van der Waals surface area contributed by atoms with E-state index in [4.69, 9.17) is 4.74 Å². The minimum absolute atomic E-state index is 0.0249. The maximum absolute atomic E-state index is 14.4. The van der Waals surface area contributed by atoms with Crippen LogP contribution in [-0.2, 0) is 25.5 Å². The van der Waals surface area contributed by atoms with Crippen molar-refractivity contribution in [2.75, 3.05) is 33.9 Å². The summed E-state index contributed by atoms with van der Waals surface area (Å²) in [5.41, 5.74) is 0.754. The van der Waals surface area contributed by atoms with Crippen LogP contribution in [-0.4, -0.2) is 101 Å². The van der Waals surface area contributed by atoms with Crippen LogP contribution in [0, 0.1) is 29.5 Å². The quantitative estimate of drug-likeness (QED) is 0.149. The van der Waals surface area contributed by atoms with Crippen LogP contribution in [0.5, 0.6) is 0 Å². The van der Waals surface area contributed by atoms with Crippen molar-refractivity contribution in [3.05, 3.63) is 51.7 Å². The Morgan fingerprint density at radius 1 is 1.10 bits per heavy atom. The van der Waals surface area contributed by atoms with Crippen LogP contribution in [0.3, 0.4) is 0 Å². The number of hydrogen-bond donors (Lipinski definition) is 2. The van der Waals surface area contributed by atoms with Gasteiger partial charge in [0.1, 0.15) is 11.5 Å². The van der Waals surface area contributed by atoms with Crippen molar-refractivity contribution in [1.29, 1.82) is 0 Å². The normalized spacial score (nSPS) is 17.9. The van der Waals surface area contributed by atoms with Crippen molar-refractivity contribution >= 4 is 40.7 Å². The number of nitrogens with zero attached hydrogens (tertiary/aromatic N) is 3. The third-order valence-corrected chi connectivity index (χ3v) is 11.2. The van der Waals surface area contributed by atoms with E-state index in [0.29, 0.717) is 0 Å². The molecule has 0 bridgehead atoms. The van der Waals surface area contributed by atoms with Crippen LogP contribution < -0.4 is 5.32 Å². The van der Waals surface area contributed by atoms with Crippen LogP contribution >= 0.6 is 11.3 Å². The number of likely N-dealkylation sites (tertiary alicyclic amines) is 1. The summed E-state index contributed by atoms with van der Waals surface area (Å²) in [5, 5.41) is 14.0. The van der Waals surface area contributed by atoms with Crippen LogP contribution in [0.1, 0.15) is 105 Å². The van der Waals surface area contributed by atoms with E-state index in [1.807, 2.05) is 34.7 Å². The number of aromatic nitrogens is 1. The Bertz CT molecular complexity index is 1500. The molecule has 0 spiro atoms. The molecule has 1 fully saturated rings. The van der Waals surface area contributed by atoms with Crippen LogP contribution in [0.4, 0.5) is 4.39 Å². The number of halogens is 1. The number of carbonyl (C=O) groups excluding carboxylic acids is 4. The van der Waals surface area contributed by atoms with E-state index in [2.05, 4.69) is 15.2 Å². The number of piperidine rings is 1. The predicted octanol–water partition coefficient (Wildman–Crippen LogP) is 5.91. The molecule has 13 heteroatoms. The molecule has 11 nitrogen and oxygen atoms in total. The molecule has 6 atom stereocenters. The Kier molecular flexibility index (Phi) is 17.0. The third kappa shape index (κ3) is 12.3. The lowest BCUT2D eigenvalue weighted by atomic mass is 9.82. The second-order valence-electron chi connectivity index (χ2n) is 14.6. The number of rotatable bonds is 21. The summed E-state index contributed by atoms with van der Waals surface area (Å²) >= 11 is 1.03. The summed E-state index contributed by atoms with van der Waals surface area (Å²) in [7, 11) is 3.52. The molecule has 1 saturated heterocycles. The summed E-state index contributed by atoms with van der Waals surface area (Å²) in [6.45, 7) is 10.8. The zero-order valence-corrected chi connectivity index (χ0v) is 32.5. The monoisotopic (exact) mass is 744 g/mol. The molecule has 288 valence electrons. The zero-order valence-electron chi connectivity index (χ0n) is 31.7. The molecule has 1 aromatic heterocycles. The van der Waals surface area contributed by atoms with Crippen molar-refractivity contribution in [1.82, 2.24) is 20.1 Å². The number of thiazole rings is 1. The van der Waals surface area contributed by atoms with Gasteiger partial charge in [-0.1, -0.05) is 59.6 Å². The fourth-order valence-corrected chi connectivity index (χ4v) is 7.62. The minimum atomic E-state index is -1.00. The van der Waals surface area contributed by atoms with Crippen LogP contribution in [0.15, 0.2) is 29.6 Å². The standard InChI is InChI=1S/C39H57FN4O7S/c1-8-25(4)30(21-34(45)32-11-9-10-16-43(32)6)38(48)44(17-18-51-7)33(24(2)3)22-35(46)37-42-31(23-52-37)36(47)41-29(19-26(5)39(49)50)20-27-12-14-28(40)15-13-27/h12-15,23-26,29-30,32-33H,8-11,16-22H2,1-7H3,(H,41,47)(H,49,50). The molecule has 1 aliphatic rings. The van der Waals surface area contributed by atoms with Gasteiger partial charge >= 0.3 is 5.97 Å². The molecule has 52 heavy (non-hydrogen) atoms. The van der Waals surface area contributed by atoms with Gasteiger partial charge in [-0.3, -0.25) is 28.9 Å². The molecule has 1 aromatic carbocycles. The van der Waals surface area contributed by atoms with Gasteiger partial charge in [-0.05, 0) is 68.8 Å². The Morgan fingerprint density at radius 2 is 1.79 bits per heavy atom. The molecule has 2 aromatic rings. The number of hydrogen-bond acceptors (Lipinski definition) is 9. The van der Waals surface area contributed by atoms with E-state index in [1.54, 1.807) is 31.1 Å². The summed E-state index contributed by atoms with van der Waals surface area (Å²) in [6, 6.07) is 4.50. The van der Waals surface area contributed by atoms with Gasteiger partial charge < -0.3 is 20.1 Å². The second kappa shape index (κ2) is 20.6. The number of methoxy groups -OCH3 is 1. The van der Waals surface area contributed by atoms with Gasteiger partial charge in [0, 0.05) is 49.9 Å². The van der Waals surface area contributed by atoms with Gasteiger partial charge in [0.25, 0.3) is 5.91 Å². The number of carboxylic acids is 1. The SMILES string of the molecule is CCC(C)C(CC(=O)C1CCCCN1C)C(=O)N(CCOC)C(CC(=O)c1nc(C(=O)NC(Cc2ccc(F)cc2)CC(C)C(=O)O)cs1)C(C)C. The lowest BCUT2D eigenvalue weighted by molar-refractivity contribution is -0.144. The molecule has 0 aliphatic carbocycles. The average molecular weight is 745 g/mol. The lowest BCUT2D eigenvalue weighted by Crippen LogP contribution is -2.51. The fraction of sp³-hybridized carbons (Fsp3) is 0.641. The minimum Gasteiger partial charge on any atom is -0.481 e. The van der Waals surface area contributed by atoms with Gasteiger partial charge in [0.15, 0.2) is 16.6 Å². The van der Waals surface area contributed by atoms with E-state index in [0.717, 1.165) is 49.1 Å². The van der Waals surface area contributed by atoms with Gasteiger partial charge in [-0.2, -0.15) is 0 Å². The molecule has 1 aliphatic heterocycles. The van der Waals surface area contributed by atoms with Crippen molar-refractivity contribution in [3.8, 4) is 0 Å². The Hall–Kier alpha value is -3.55. The van der Waals surface area contributed by atoms with Crippen LogP contribution in [0.2, 0.25) is 0 Å². The van der Waals surface area contributed by atoms with Crippen molar-refractivity contribution in [2.24, 2.45) is 23.7 Å². The van der Waals surface area contributed by atoms with E-state index in [-0.39, 0.29) is 84.9 Å². The van der Waals surface area contributed by atoms with Crippen LogP contribution in [0.25, 0.3) is 0 Å². The topological polar surface area (TPSA) is 146 Å². The van der Waals surface area contributed by atoms with E-state index in [9.17, 15) is 33.5 Å². The molecule has 0 radical (unpaired) electrons. The first-order valence-electron chi connectivity index (χ1n) is 18.5. The number of carbonyl (C=O) groups is 5. The van der Waals surface area contributed by atoms with Crippen molar-refractivity contribution in [3.63, 3.8) is 0 Å². The van der Waals surface area contributed by atoms with E-state index in [1.165, 1.54) is 17.5 Å². The highest BCUT2D eigenvalue weighted by atomic mass is 32.1. The highest BCUT2D eigenvalue weighted by Crippen LogP contribution is 2.29. The molecule has 2 heterocycles. The number of likely N-dealkylation sites (N-methyl/N-ethyl adjacent to an activating group) is 1. The molecular formula is C39H57FN4O7S. The highest BCUT2D eigenvalue weighted by molar-refractivity contribution is 7.12. The van der Waals surface area contributed by atoms with Gasteiger partial charge in [0.05, 0.1) is 18.6 Å². The van der Waals surface area contributed by atoms with E-state index < -0.39 is 41.6 Å². The number of nitrogens with one attached hydrogen (secondary N) is 1. The summed E-state index contributed by atoms with van der Waals surface area (Å²) in [4.78, 5) is 74.9. The summed E-state index contributed by atoms with van der Waals surface area (Å²) in [5.74, 6) is -3.81. The highest BCUT2D eigenvalue weighted by Gasteiger charge is 2.38. The molecule has 0 saturated carbocycles. The number of amides is 2. The maximum atomic E-state index is 14.4. The number of aliphatic carboxylic acids is 1. The molecule has 2 amide bonds. The molecule has 6 unspecified atom stereocenters. The zero-order chi connectivity index (χ0) is 38.5. The Balaban J connectivity index is 1.80. The first-order valence-corrected chi connectivity index (χ1v) is 19.3. The third-order valence-electron chi connectivity index (χ3n) is 10.4. The maximum Gasteiger partial charge on any atom is 0.306 e. The predicted molar refractivity (Wildman–Crippen MR) is 199 cm³/mol. The fourth-order valence-electron chi connectivity index (χ4n) is 6.87. The lowest BCUT2D eigenvalue weighted by Gasteiger charge is -2.38. The van der Waals surface area contributed by atoms with Crippen molar-refractivity contribution < 1.29 is 38.2 Å². The number of ketones is 2. The number of carboxylic acid groups (broad SMARTS) is 1. The average Bonchev–Trinajstić information content (AvgIpc) is 3.61. The first kappa shape index (κ1) is 42.9. The van der Waals surface area contributed by atoms with Gasteiger partial charge in [-0.15, -0.1) is 11.3 Å². The smallest absolute Gasteiger partial charge is 0.306 e. The largest absolute Gasteiger partial charge is 0.481 e. The van der Waals surface area contributed by atoms with E-state index >= 15 is 0 Å². The number of benzene rings is 1. The Labute approximate surface area is 311 Å². The van der Waals surface area contributed by atoms with Crippen molar-refractivity contribution in [2.45, 2.75) is 104 Å². The van der Waals surface area contributed by atoms with Gasteiger partial charge in [0.2, 0.25) is 5.91 Å².